The molecule has 0 saturated carbocycles. The van der Waals surface area contributed by atoms with E-state index in [0.29, 0.717) is 11.1 Å². The first-order valence-corrected chi connectivity index (χ1v) is 10.8. The molecule has 1 aliphatic heterocycles. The lowest BCUT2D eigenvalue weighted by molar-refractivity contribution is 0.0522. The molecule has 1 aliphatic carbocycles. The van der Waals surface area contributed by atoms with Crippen molar-refractivity contribution in [2.24, 2.45) is 0 Å². The largest absolute Gasteiger partial charge is 0.462 e. The average molecular weight is 390 g/mol. The molecule has 0 fully saturated rings. The van der Waals surface area contributed by atoms with Gasteiger partial charge in [0.2, 0.25) is 9.84 Å². The van der Waals surface area contributed by atoms with Crippen molar-refractivity contribution >= 4 is 15.8 Å². The molecule has 0 spiro atoms. The van der Waals surface area contributed by atoms with E-state index in [1.165, 1.54) is 5.56 Å². The Kier molecular flexibility index (Phi) is 3.71. The van der Waals surface area contributed by atoms with Crippen molar-refractivity contribution in [3.63, 3.8) is 0 Å². The van der Waals surface area contributed by atoms with Gasteiger partial charge in [-0.2, -0.15) is 0 Å². The number of aryl methyl sites for hydroxylation is 2. The average Bonchev–Trinajstić information content (AvgIpc) is 2.95. The predicted molar refractivity (Wildman–Crippen MR) is 106 cm³/mol. The van der Waals surface area contributed by atoms with Gasteiger partial charge in [-0.25, -0.2) is 13.2 Å². The topological polar surface area (TPSA) is 60.4 Å². The van der Waals surface area contributed by atoms with Crippen LogP contribution in [-0.4, -0.2) is 21.0 Å². The van der Waals surface area contributed by atoms with Crippen LogP contribution in [0.1, 0.15) is 28.4 Å². The molecule has 5 rings (SSSR count). The number of hydrogen-bond donors (Lipinski definition) is 0. The van der Waals surface area contributed by atoms with Gasteiger partial charge < -0.3 is 4.74 Å². The van der Waals surface area contributed by atoms with E-state index in [0.717, 1.165) is 29.5 Å². The molecule has 28 heavy (non-hydrogen) atoms. The van der Waals surface area contributed by atoms with Crippen LogP contribution >= 0.6 is 0 Å². The van der Waals surface area contributed by atoms with E-state index in [9.17, 15) is 13.2 Å². The van der Waals surface area contributed by atoms with Crippen molar-refractivity contribution in [3.05, 3.63) is 71.3 Å². The lowest BCUT2D eigenvalue weighted by Gasteiger charge is -2.24. The number of benzene rings is 3. The van der Waals surface area contributed by atoms with Crippen molar-refractivity contribution in [2.45, 2.75) is 29.6 Å². The second kappa shape index (κ2) is 6.04. The number of sulfone groups is 1. The first-order valence-electron chi connectivity index (χ1n) is 9.33. The van der Waals surface area contributed by atoms with E-state index >= 15 is 0 Å². The van der Waals surface area contributed by atoms with Crippen LogP contribution in [0.25, 0.3) is 22.3 Å². The molecule has 3 aromatic carbocycles. The summed E-state index contributed by atoms with van der Waals surface area (Å²) >= 11 is 0. The molecule has 0 unspecified atom stereocenters. The third kappa shape index (κ3) is 2.23. The highest BCUT2D eigenvalue weighted by molar-refractivity contribution is 7.92. The molecule has 4 nitrogen and oxygen atoms in total. The molecular formula is C23H18O4S. The van der Waals surface area contributed by atoms with Crippen LogP contribution in [-0.2, 0) is 27.4 Å². The van der Waals surface area contributed by atoms with Crippen molar-refractivity contribution in [1.29, 1.82) is 0 Å². The van der Waals surface area contributed by atoms with Crippen LogP contribution in [0.3, 0.4) is 0 Å². The van der Waals surface area contributed by atoms with Gasteiger partial charge in [-0.3, -0.25) is 0 Å². The summed E-state index contributed by atoms with van der Waals surface area (Å²) in [6.45, 7) is 1.91. The van der Waals surface area contributed by atoms with Gasteiger partial charge in [-0.05, 0) is 54.2 Å². The highest BCUT2D eigenvalue weighted by Gasteiger charge is 2.40. The molecule has 0 saturated heterocycles. The van der Waals surface area contributed by atoms with Crippen LogP contribution in [0.4, 0.5) is 0 Å². The number of rotatable bonds is 2. The normalized spacial score (nSPS) is 15.2. The summed E-state index contributed by atoms with van der Waals surface area (Å²) in [4.78, 5) is 13.0. The first kappa shape index (κ1) is 17.2. The number of fused-ring (bicyclic) bond motifs is 7. The van der Waals surface area contributed by atoms with Crippen LogP contribution in [0.2, 0.25) is 0 Å². The van der Waals surface area contributed by atoms with Crippen LogP contribution in [0.15, 0.2) is 64.4 Å². The van der Waals surface area contributed by atoms with Crippen molar-refractivity contribution in [1.82, 2.24) is 0 Å². The zero-order chi connectivity index (χ0) is 19.5. The van der Waals surface area contributed by atoms with Gasteiger partial charge in [0.15, 0.2) is 0 Å². The summed E-state index contributed by atoms with van der Waals surface area (Å²) in [6.07, 6.45) is 1.62. The zero-order valence-electron chi connectivity index (χ0n) is 15.4. The van der Waals surface area contributed by atoms with Crippen molar-refractivity contribution < 1.29 is 17.9 Å². The number of hydrogen-bond acceptors (Lipinski definition) is 4. The summed E-state index contributed by atoms with van der Waals surface area (Å²) in [6, 6.07) is 16.8. The lowest BCUT2D eigenvalue weighted by Crippen LogP contribution is -2.14. The second-order valence-electron chi connectivity index (χ2n) is 7.04. The van der Waals surface area contributed by atoms with E-state index in [-0.39, 0.29) is 22.0 Å². The first-order chi connectivity index (χ1) is 13.5. The Balaban J connectivity index is 1.95. The molecule has 0 atom stereocenters. The van der Waals surface area contributed by atoms with Crippen LogP contribution in [0.5, 0.6) is 0 Å². The molecule has 0 bridgehead atoms. The maximum absolute atomic E-state index is 13.4. The number of carbonyl (C=O) groups excluding carboxylic acids is 1. The van der Waals surface area contributed by atoms with Gasteiger partial charge in [0, 0.05) is 11.1 Å². The highest BCUT2D eigenvalue weighted by Crippen LogP contribution is 2.52. The molecule has 0 radical (unpaired) electrons. The monoisotopic (exact) mass is 390 g/mol. The van der Waals surface area contributed by atoms with E-state index < -0.39 is 15.8 Å². The molecule has 5 heteroatoms. The fourth-order valence-electron chi connectivity index (χ4n) is 4.39. The minimum atomic E-state index is -3.80. The fraction of sp³-hybridized carbons (Fsp3) is 0.174. The summed E-state index contributed by atoms with van der Waals surface area (Å²) < 4.78 is 32.0. The fourth-order valence-corrected chi connectivity index (χ4v) is 6.24. The van der Waals surface area contributed by atoms with Gasteiger partial charge >= 0.3 is 5.97 Å². The smallest absolute Gasteiger partial charge is 0.339 e. The molecule has 1 heterocycles. The van der Waals surface area contributed by atoms with Gasteiger partial charge in [0.1, 0.15) is 0 Å². The molecule has 2 aliphatic rings. The van der Waals surface area contributed by atoms with Crippen molar-refractivity contribution in [2.75, 3.05) is 6.61 Å². The summed E-state index contributed by atoms with van der Waals surface area (Å²) in [5.74, 6) is -0.586. The van der Waals surface area contributed by atoms with Crippen molar-refractivity contribution in [3.8, 4) is 22.3 Å². The minimum Gasteiger partial charge on any atom is -0.462 e. The number of carbonyl (C=O) groups is 1. The summed E-state index contributed by atoms with van der Waals surface area (Å²) in [7, 11) is -3.80. The Morgan fingerprint density at radius 1 is 0.929 bits per heavy atom. The van der Waals surface area contributed by atoms with Crippen LogP contribution in [0, 0.1) is 0 Å². The standard InChI is InChI=1S/C23H18O4S/c1-2-27-23(24)18-13-15-12-11-14-7-3-4-8-16(14)20(15)21-17-9-5-6-10-19(17)28(25,26)22(18)21/h3-10,13H,2,11-12H2,1H3. The molecule has 3 aromatic rings. The molecule has 140 valence electrons. The third-order valence-corrected chi connectivity index (χ3v) is 7.42. The zero-order valence-corrected chi connectivity index (χ0v) is 16.2. The number of ether oxygens (including phenoxy) is 1. The van der Waals surface area contributed by atoms with E-state index in [2.05, 4.69) is 6.07 Å². The summed E-state index contributed by atoms with van der Waals surface area (Å²) in [5.41, 5.74) is 5.61. The predicted octanol–water partition coefficient (Wildman–Crippen LogP) is 4.44. The quantitative estimate of drug-likeness (QED) is 0.475. The van der Waals surface area contributed by atoms with Gasteiger partial charge in [0.05, 0.1) is 22.0 Å². The van der Waals surface area contributed by atoms with Gasteiger partial charge in [-0.1, -0.05) is 42.5 Å². The SMILES string of the molecule is CCOC(=O)c1cc2c(c3c1S(=O)(=O)c1ccccc1-3)-c1ccccc1CC2. The van der Waals surface area contributed by atoms with E-state index in [4.69, 9.17) is 4.74 Å². The van der Waals surface area contributed by atoms with Gasteiger partial charge in [0.25, 0.3) is 0 Å². The molecular weight excluding hydrogens is 372 g/mol. The Bertz CT molecular complexity index is 1260. The molecule has 0 N–H and O–H groups in total. The van der Waals surface area contributed by atoms with Gasteiger partial charge in [-0.15, -0.1) is 0 Å². The van der Waals surface area contributed by atoms with E-state index in [1.54, 1.807) is 25.1 Å². The Hall–Kier alpha value is -2.92. The third-order valence-electron chi connectivity index (χ3n) is 5.52. The Morgan fingerprint density at radius 2 is 1.61 bits per heavy atom. The van der Waals surface area contributed by atoms with E-state index in [1.807, 2.05) is 30.3 Å². The minimum absolute atomic E-state index is 0.0857. The summed E-state index contributed by atoms with van der Waals surface area (Å²) in [5, 5.41) is 0. The Morgan fingerprint density at radius 3 is 2.39 bits per heavy atom. The maximum atomic E-state index is 13.4. The van der Waals surface area contributed by atoms with Crippen LogP contribution < -0.4 is 0 Å². The molecule has 0 amide bonds. The lowest BCUT2D eigenvalue weighted by atomic mass is 9.80. The highest BCUT2D eigenvalue weighted by atomic mass is 32.2. The number of esters is 1. The molecule has 0 aromatic heterocycles. The Labute approximate surface area is 163 Å². The maximum Gasteiger partial charge on any atom is 0.339 e. The second-order valence-corrected chi connectivity index (χ2v) is 8.89.